The van der Waals surface area contributed by atoms with Gasteiger partial charge >= 0.3 is 0 Å². The molecule has 2 aliphatic heterocycles. The van der Waals surface area contributed by atoms with Crippen molar-refractivity contribution >= 4 is 39.5 Å². The number of rotatable bonds is 4. The first-order valence-corrected chi connectivity index (χ1v) is 9.81. The molecule has 0 atom stereocenters. The highest BCUT2D eigenvalue weighted by molar-refractivity contribution is 8.14. The lowest BCUT2D eigenvalue weighted by molar-refractivity contribution is 0.853. The van der Waals surface area contributed by atoms with Gasteiger partial charge in [-0.05, 0) is 37.0 Å². The normalized spacial score (nSPS) is 18.4. The monoisotopic (exact) mass is 334 g/mol. The zero-order valence-electron chi connectivity index (χ0n) is 12.7. The summed E-state index contributed by atoms with van der Waals surface area (Å²) in [5.41, 5.74) is 2.47. The fraction of sp³-hybridized carbons (Fsp3) is 0.500. The summed E-state index contributed by atoms with van der Waals surface area (Å²) in [4.78, 5) is 8.97. The molecular weight excluding hydrogens is 312 g/mol. The molecule has 2 aliphatic rings. The van der Waals surface area contributed by atoms with E-state index in [-0.39, 0.29) is 0 Å². The highest BCUT2D eigenvalue weighted by Crippen LogP contribution is 2.17. The Hall–Kier alpha value is -1.14. The standard InChI is InChI=1S/C16H22N4S2/c1-8-17-15(21-11-1)19-10-7-13-3-5-14(6-4-13)20-16-18-9-2-12-22-16/h3-6H,1-2,7-12H2,(H,17,19)(H,18,20). The molecule has 0 bridgehead atoms. The second-order valence-electron chi connectivity index (χ2n) is 5.28. The first-order chi connectivity index (χ1) is 10.9. The lowest BCUT2D eigenvalue weighted by Gasteiger charge is -2.14. The van der Waals surface area contributed by atoms with Gasteiger partial charge in [-0.1, -0.05) is 35.7 Å². The summed E-state index contributed by atoms with van der Waals surface area (Å²) in [7, 11) is 0. The molecule has 2 N–H and O–H groups in total. The molecule has 118 valence electrons. The van der Waals surface area contributed by atoms with Gasteiger partial charge in [-0.2, -0.15) is 0 Å². The van der Waals surface area contributed by atoms with E-state index in [1.807, 2.05) is 11.8 Å². The molecule has 0 radical (unpaired) electrons. The van der Waals surface area contributed by atoms with E-state index >= 15 is 0 Å². The number of nitrogens with one attached hydrogen (secondary N) is 2. The highest BCUT2D eigenvalue weighted by atomic mass is 32.2. The molecule has 0 aliphatic carbocycles. The molecule has 6 heteroatoms. The molecule has 4 nitrogen and oxygen atoms in total. The van der Waals surface area contributed by atoms with Crippen molar-refractivity contribution in [2.24, 2.45) is 9.98 Å². The second kappa shape index (κ2) is 8.48. The molecule has 0 spiro atoms. The van der Waals surface area contributed by atoms with Crippen LogP contribution in [0.5, 0.6) is 0 Å². The largest absolute Gasteiger partial charge is 0.365 e. The fourth-order valence-electron chi connectivity index (χ4n) is 2.29. The zero-order valence-corrected chi connectivity index (χ0v) is 14.3. The Kier molecular flexibility index (Phi) is 6.07. The Morgan fingerprint density at radius 1 is 0.909 bits per heavy atom. The van der Waals surface area contributed by atoms with Gasteiger partial charge in [0.1, 0.15) is 0 Å². The SMILES string of the molecule is c1cc(NC2=NCCCS2)ccc1CCNC1=NCCCS1. The van der Waals surface area contributed by atoms with Crippen molar-refractivity contribution in [2.45, 2.75) is 19.3 Å². The van der Waals surface area contributed by atoms with E-state index in [0.29, 0.717) is 0 Å². The number of aliphatic imine (C=N–C) groups is 2. The average molecular weight is 335 g/mol. The quantitative estimate of drug-likeness (QED) is 0.888. The Balaban J connectivity index is 1.44. The summed E-state index contributed by atoms with van der Waals surface area (Å²) in [5.74, 6) is 2.35. The highest BCUT2D eigenvalue weighted by Gasteiger charge is 2.06. The maximum atomic E-state index is 4.49. The van der Waals surface area contributed by atoms with E-state index in [2.05, 4.69) is 44.9 Å². The summed E-state index contributed by atoms with van der Waals surface area (Å²) >= 11 is 3.64. The third kappa shape index (κ3) is 4.95. The number of anilines is 1. The van der Waals surface area contributed by atoms with Crippen molar-refractivity contribution in [3.05, 3.63) is 29.8 Å². The molecule has 0 unspecified atom stereocenters. The van der Waals surface area contributed by atoms with Crippen LogP contribution in [0.2, 0.25) is 0 Å². The van der Waals surface area contributed by atoms with Crippen molar-refractivity contribution in [3.8, 4) is 0 Å². The molecular formula is C16H22N4S2. The molecule has 3 rings (SSSR count). The van der Waals surface area contributed by atoms with Crippen molar-refractivity contribution in [1.82, 2.24) is 5.32 Å². The Bertz CT molecular complexity index is 540. The molecule has 0 fully saturated rings. The lowest BCUT2D eigenvalue weighted by Crippen LogP contribution is -2.25. The predicted molar refractivity (Wildman–Crippen MR) is 101 cm³/mol. The molecule has 1 aromatic rings. The van der Waals surface area contributed by atoms with Crippen LogP contribution in [0.25, 0.3) is 0 Å². The van der Waals surface area contributed by atoms with Gasteiger partial charge in [0.2, 0.25) is 0 Å². The number of nitrogens with zero attached hydrogens (tertiary/aromatic N) is 2. The molecule has 0 saturated carbocycles. The predicted octanol–water partition coefficient (Wildman–Crippen LogP) is 3.22. The van der Waals surface area contributed by atoms with Gasteiger partial charge in [0, 0.05) is 36.8 Å². The van der Waals surface area contributed by atoms with Crippen LogP contribution in [0.4, 0.5) is 5.69 Å². The van der Waals surface area contributed by atoms with Crippen LogP contribution in [-0.2, 0) is 6.42 Å². The first kappa shape index (κ1) is 15.7. The van der Waals surface area contributed by atoms with Crippen LogP contribution < -0.4 is 10.6 Å². The van der Waals surface area contributed by atoms with E-state index in [9.17, 15) is 0 Å². The zero-order chi connectivity index (χ0) is 15.0. The van der Waals surface area contributed by atoms with Gasteiger partial charge in [-0.25, -0.2) is 0 Å². The smallest absolute Gasteiger partial charge is 0.161 e. The van der Waals surface area contributed by atoms with E-state index in [0.717, 1.165) is 47.8 Å². The minimum absolute atomic E-state index is 0.945. The molecule has 22 heavy (non-hydrogen) atoms. The van der Waals surface area contributed by atoms with Crippen LogP contribution in [-0.4, -0.2) is 41.5 Å². The van der Waals surface area contributed by atoms with Gasteiger partial charge in [0.15, 0.2) is 10.3 Å². The minimum Gasteiger partial charge on any atom is -0.365 e. The van der Waals surface area contributed by atoms with Crippen molar-refractivity contribution < 1.29 is 0 Å². The Morgan fingerprint density at radius 2 is 1.59 bits per heavy atom. The van der Waals surface area contributed by atoms with Crippen LogP contribution in [0.1, 0.15) is 18.4 Å². The van der Waals surface area contributed by atoms with Crippen LogP contribution in [0, 0.1) is 0 Å². The van der Waals surface area contributed by atoms with Crippen molar-refractivity contribution in [2.75, 3.05) is 36.5 Å². The third-order valence-electron chi connectivity index (χ3n) is 3.49. The summed E-state index contributed by atoms with van der Waals surface area (Å²) < 4.78 is 0. The number of hydrogen-bond acceptors (Lipinski definition) is 6. The minimum atomic E-state index is 0.945. The van der Waals surface area contributed by atoms with Crippen LogP contribution in [0.3, 0.4) is 0 Å². The van der Waals surface area contributed by atoms with Crippen LogP contribution >= 0.6 is 23.5 Å². The molecule has 0 aromatic heterocycles. The topological polar surface area (TPSA) is 48.8 Å². The van der Waals surface area contributed by atoms with Gasteiger partial charge in [-0.3, -0.25) is 9.98 Å². The molecule has 2 heterocycles. The van der Waals surface area contributed by atoms with Crippen LogP contribution in [0.15, 0.2) is 34.3 Å². The number of hydrogen-bond donors (Lipinski definition) is 2. The van der Waals surface area contributed by atoms with E-state index < -0.39 is 0 Å². The van der Waals surface area contributed by atoms with E-state index in [4.69, 9.17) is 0 Å². The lowest BCUT2D eigenvalue weighted by atomic mass is 10.1. The maximum absolute atomic E-state index is 4.49. The second-order valence-corrected chi connectivity index (χ2v) is 7.44. The van der Waals surface area contributed by atoms with Gasteiger partial charge in [0.05, 0.1) is 0 Å². The molecule has 0 saturated heterocycles. The third-order valence-corrected chi connectivity index (χ3v) is 5.53. The maximum Gasteiger partial charge on any atom is 0.161 e. The number of thioether (sulfide) groups is 2. The summed E-state index contributed by atoms with van der Waals surface area (Å²) in [6, 6.07) is 8.65. The van der Waals surface area contributed by atoms with E-state index in [1.54, 1.807) is 11.8 Å². The van der Waals surface area contributed by atoms with Gasteiger partial charge in [-0.15, -0.1) is 0 Å². The average Bonchev–Trinajstić information content (AvgIpc) is 2.58. The van der Waals surface area contributed by atoms with E-state index in [1.165, 1.54) is 24.2 Å². The summed E-state index contributed by atoms with van der Waals surface area (Å²) in [5, 5.41) is 8.97. The number of benzene rings is 1. The van der Waals surface area contributed by atoms with Gasteiger partial charge < -0.3 is 10.6 Å². The van der Waals surface area contributed by atoms with Crippen molar-refractivity contribution in [1.29, 1.82) is 0 Å². The fourth-order valence-corrected chi connectivity index (χ4v) is 3.99. The van der Waals surface area contributed by atoms with Crippen molar-refractivity contribution in [3.63, 3.8) is 0 Å². The summed E-state index contributed by atoms with van der Waals surface area (Å²) in [6.07, 6.45) is 3.41. The Morgan fingerprint density at radius 3 is 2.23 bits per heavy atom. The Labute approximate surface area is 140 Å². The molecule has 1 aromatic carbocycles. The molecule has 0 amide bonds. The first-order valence-electron chi connectivity index (χ1n) is 7.84. The summed E-state index contributed by atoms with van der Waals surface area (Å²) in [6.45, 7) is 2.86. The van der Waals surface area contributed by atoms with Gasteiger partial charge in [0.25, 0.3) is 0 Å². The number of amidine groups is 2.